The van der Waals surface area contributed by atoms with Crippen LogP contribution in [0.2, 0.25) is 0 Å². The first-order valence-electron chi connectivity index (χ1n) is 3.77. The zero-order valence-electron chi connectivity index (χ0n) is 5.97. The van der Waals surface area contributed by atoms with Crippen molar-refractivity contribution in [1.29, 1.82) is 5.26 Å². The predicted octanol–water partition coefficient (Wildman–Crippen LogP) is 1.66. The van der Waals surface area contributed by atoms with E-state index in [2.05, 4.69) is 0 Å². The molecule has 1 aliphatic carbocycles. The van der Waals surface area contributed by atoms with Crippen LogP contribution in [-0.4, -0.2) is 5.78 Å². The van der Waals surface area contributed by atoms with Gasteiger partial charge in [0.15, 0.2) is 0 Å². The predicted molar refractivity (Wildman–Crippen MR) is 37.2 cm³/mol. The van der Waals surface area contributed by atoms with Gasteiger partial charge in [-0.25, -0.2) is 0 Å². The highest BCUT2D eigenvalue weighted by Gasteiger charge is 2.19. The lowest BCUT2D eigenvalue weighted by Crippen LogP contribution is -2.09. The van der Waals surface area contributed by atoms with Gasteiger partial charge < -0.3 is 0 Å². The molecule has 1 saturated carbocycles. The molecule has 2 nitrogen and oxygen atoms in total. The van der Waals surface area contributed by atoms with E-state index in [1.54, 1.807) is 0 Å². The van der Waals surface area contributed by atoms with Crippen molar-refractivity contribution in [2.75, 3.05) is 0 Å². The summed E-state index contributed by atoms with van der Waals surface area (Å²) < 4.78 is 0. The van der Waals surface area contributed by atoms with E-state index < -0.39 is 0 Å². The SMILES string of the molecule is N#C[C@H]1CCCCCC1=O. The summed E-state index contributed by atoms with van der Waals surface area (Å²) in [6.45, 7) is 0. The largest absolute Gasteiger partial charge is 0.298 e. The van der Waals surface area contributed by atoms with Gasteiger partial charge in [0.2, 0.25) is 0 Å². The minimum Gasteiger partial charge on any atom is -0.298 e. The number of Topliss-reactive ketones (excluding diaryl/α,β-unsaturated/α-hetero) is 1. The molecule has 0 spiro atoms. The Morgan fingerprint density at radius 3 is 2.90 bits per heavy atom. The second kappa shape index (κ2) is 3.36. The van der Waals surface area contributed by atoms with Gasteiger partial charge in [0, 0.05) is 6.42 Å². The molecular weight excluding hydrogens is 126 g/mol. The maximum absolute atomic E-state index is 11.0. The molecule has 2 heteroatoms. The third-order valence-corrected chi connectivity index (χ3v) is 1.96. The topological polar surface area (TPSA) is 40.9 Å². The van der Waals surface area contributed by atoms with Gasteiger partial charge in [0.1, 0.15) is 11.7 Å². The second-order valence-corrected chi connectivity index (χ2v) is 2.75. The molecule has 1 fully saturated rings. The van der Waals surface area contributed by atoms with E-state index in [0.717, 1.165) is 25.7 Å². The van der Waals surface area contributed by atoms with Gasteiger partial charge in [-0.2, -0.15) is 5.26 Å². The van der Waals surface area contributed by atoms with Crippen LogP contribution in [0, 0.1) is 17.2 Å². The van der Waals surface area contributed by atoms with Crippen LogP contribution in [0.3, 0.4) is 0 Å². The highest BCUT2D eigenvalue weighted by Crippen LogP contribution is 2.18. The van der Waals surface area contributed by atoms with Gasteiger partial charge in [-0.15, -0.1) is 0 Å². The molecule has 1 atom stereocenters. The molecule has 0 aromatic heterocycles. The quantitative estimate of drug-likeness (QED) is 0.476. The van der Waals surface area contributed by atoms with E-state index in [1.807, 2.05) is 6.07 Å². The lowest BCUT2D eigenvalue weighted by molar-refractivity contribution is -0.121. The maximum Gasteiger partial charge on any atom is 0.149 e. The molecule has 10 heavy (non-hydrogen) atoms. The Labute approximate surface area is 60.8 Å². The Bertz CT molecular complexity index is 169. The summed E-state index contributed by atoms with van der Waals surface area (Å²) in [6, 6.07) is 2.04. The minimum absolute atomic E-state index is 0.153. The van der Waals surface area contributed by atoms with Crippen LogP contribution in [0.4, 0.5) is 0 Å². The zero-order valence-corrected chi connectivity index (χ0v) is 5.97. The molecule has 0 amide bonds. The molecule has 1 aliphatic rings. The lowest BCUT2D eigenvalue weighted by atomic mass is 10.0. The van der Waals surface area contributed by atoms with Crippen LogP contribution in [-0.2, 0) is 4.79 Å². The summed E-state index contributed by atoms with van der Waals surface area (Å²) in [7, 11) is 0. The fourth-order valence-corrected chi connectivity index (χ4v) is 1.30. The third kappa shape index (κ3) is 1.57. The first-order valence-corrected chi connectivity index (χ1v) is 3.77. The van der Waals surface area contributed by atoms with Crippen LogP contribution < -0.4 is 0 Å². The first-order chi connectivity index (χ1) is 4.84. The summed E-state index contributed by atoms with van der Waals surface area (Å²) >= 11 is 0. The Balaban J connectivity index is 2.54. The van der Waals surface area contributed by atoms with Crippen molar-refractivity contribution in [1.82, 2.24) is 0 Å². The number of nitriles is 1. The molecule has 0 unspecified atom stereocenters. The number of carbonyl (C=O) groups excluding carboxylic acids is 1. The second-order valence-electron chi connectivity index (χ2n) is 2.75. The van der Waals surface area contributed by atoms with Gasteiger partial charge in [-0.05, 0) is 12.8 Å². The normalized spacial score (nSPS) is 27.1. The molecule has 54 valence electrons. The standard InChI is InChI=1S/C8H11NO/c9-6-7-4-2-1-3-5-8(7)10/h7H,1-5H2/t7-/m1/s1. The Kier molecular flexibility index (Phi) is 2.44. The van der Waals surface area contributed by atoms with E-state index in [0.29, 0.717) is 6.42 Å². The Morgan fingerprint density at radius 1 is 1.40 bits per heavy atom. The van der Waals surface area contributed by atoms with E-state index in [9.17, 15) is 4.79 Å². The Morgan fingerprint density at radius 2 is 2.20 bits per heavy atom. The molecule has 1 rings (SSSR count). The summed E-state index contributed by atoms with van der Waals surface area (Å²) in [6.07, 6.45) is 4.55. The molecule has 0 heterocycles. The van der Waals surface area contributed by atoms with E-state index in [4.69, 9.17) is 5.26 Å². The zero-order chi connectivity index (χ0) is 7.40. The molecular formula is C8H11NO. The van der Waals surface area contributed by atoms with Gasteiger partial charge in [0.25, 0.3) is 0 Å². The summed E-state index contributed by atoms with van der Waals surface area (Å²) in [5.41, 5.74) is 0. The number of carbonyl (C=O) groups is 1. The third-order valence-electron chi connectivity index (χ3n) is 1.96. The van der Waals surface area contributed by atoms with Gasteiger partial charge in [-0.1, -0.05) is 12.8 Å². The highest BCUT2D eigenvalue weighted by molar-refractivity contribution is 5.83. The molecule has 0 aliphatic heterocycles. The van der Waals surface area contributed by atoms with Crippen LogP contribution in [0.25, 0.3) is 0 Å². The molecule has 0 radical (unpaired) electrons. The highest BCUT2D eigenvalue weighted by atomic mass is 16.1. The monoisotopic (exact) mass is 137 g/mol. The summed E-state index contributed by atoms with van der Waals surface area (Å²) in [4.78, 5) is 11.0. The number of hydrogen-bond donors (Lipinski definition) is 0. The van der Waals surface area contributed by atoms with Gasteiger partial charge in [-0.3, -0.25) is 4.79 Å². The van der Waals surface area contributed by atoms with Gasteiger partial charge >= 0.3 is 0 Å². The number of nitrogens with zero attached hydrogens (tertiary/aromatic N) is 1. The van der Waals surface area contributed by atoms with Gasteiger partial charge in [0.05, 0.1) is 6.07 Å². The molecule has 0 bridgehead atoms. The van der Waals surface area contributed by atoms with Crippen LogP contribution in [0.1, 0.15) is 32.1 Å². The minimum atomic E-state index is -0.289. The van der Waals surface area contributed by atoms with Crippen molar-refractivity contribution in [2.45, 2.75) is 32.1 Å². The average molecular weight is 137 g/mol. The lowest BCUT2D eigenvalue weighted by Gasteiger charge is -1.99. The van der Waals surface area contributed by atoms with Crippen LogP contribution in [0.5, 0.6) is 0 Å². The molecule has 0 N–H and O–H groups in total. The van der Waals surface area contributed by atoms with Crippen molar-refractivity contribution in [2.24, 2.45) is 5.92 Å². The molecule has 0 aromatic carbocycles. The summed E-state index contributed by atoms with van der Waals surface area (Å²) in [5, 5.41) is 8.52. The smallest absolute Gasteiger partial charge is 0.149 e. The van der Waals surface area contributed by atoms with E-state index >= 15 is 0 Å². The number of hydrogen-bond acceptors (Lipinski definition) is 2. The van der Waals surface area contributed by atoms with Crippen molar-refractivity contribution >= 4 is 5.78 Å². The van der Waals surface area contributed by atoms with E-state index in [1.165, 1.54) is 0 Å². The number of rotatable bonds is 0. The van der Waals surface area contributed by atoms with Crippen molar-refractivity contribution in [3.63, 3.8) is 0 Å². The Hall–Kier alpha value is -0.840. The first kappa shape index (κ1) is 7.27. The van der Waals surface area contributed by atoms with Crippen molar-refractivity contribution < 1.29 is 4.79 Å². The van der Waals surface area contributed by atoms with Crippen LogP contribution in [0.15, 0.2) is 0 Å². The molecule has 0 saturated heterocycles. The van der Waals surface area contributed by atoms with Crippen LogP contribution >= 0.6 is 0 Å². The summed E-state index contributed by atoms with van der Waals surface area (Å²) in [5.74, 6) is -0.137. The number of ketones is 1. The average Bonchev–Trinajstić information content (AvgIpc) is 2.13. The maximum atomic E-state index is 11.0. The fraction of sp³-hybridized carbons (Fsp3) is 0.750. The fourth-order valence-electron chi connectivity index (χ4n) is 1.30. The van der Waals surface area contributed by atoms with Crippen molar-refractivity contribution in [3.8, 4) is 6.07 Å². The van der Waals surface area contributed by atoms with E-state index in [-0.39, 0.29) is 11.7 Å². The van der Waals surface area contributed by atoms with Crippen molar-refractivity contribution in [3.05, 3.63) is 0 Å². The molecule has 0 aromatic rings.